The van der Waals surface area contributed by atoms with Crippen LogP contribution >= 0.6 is 15.9 Å². The van der Waals surface area contributed by atoms with Gasteiger partial charge in [0.2, 0.25) is 10.0 Å². The number of aryl methyl sites for hydroxylation is 1. The smallest absolute Gasteiger partial charge is 0.240 e. The van der Waals surface area contributed by atoms with Crippen LogP contribution < -0.4 is 4.72 Å². The Morgan fingerprint density at radius 3 is 2.61 bits per heavy atom. The first-order chi connectivity index (χ1) is 8.32. The van der Waals surface area contributed by atoms with E-state index in [-0.39, 0.29) is 10.3 Å². The summed E-state index contributed by atoms with van der Waals surface area (Å²) in [5.74, 6) is 0. The molecule has 4 nitrogen and oxygen atoms in total. The average Bonchev–Trinajstić information content (AvgIpc) is 2.27. The lowest BCUT2D eigenvalue weighted by Gasteiger charge is -2.37. The van der Waals surface area contributed by atoms with Crippen molar-refractivity contribution in [3.8, 4) is 0 Å². The quantitative estimate of drug-likeness (QED) is 0.917. The number of nitrogens with one attached hydrogen (secondary N) is 1. The maximum absolute atomic E-state index is 12.1. The van der Waals surface area contributed by atoms with Gasteiger partial charge in [-0.25, -0.2) is 13.1 Å². The van der Waals surface area contributed by atoms with Gasteiger partial charge in [-0.3, -0.25) is 0 Å². The van der Waals surface area contributed by atoms with Crippen molar-refractivity contribution in [2.24, 2.45) is 5.41 Å². The van der Waals surface area contributed by atoms with Crippen LogP contribution in [0.15, 0.2) is 27.6 Å². The number of hydrogen-bond acceptors (Lipinski definition) is 3. The number of halogens is 1. The Morgan fingerprint density at radius 1 is 1.44 bits per heavy atom. The molecule has 2 rings (SSSR count). The molecule has 0 spiro atoms. The molecule has 0 saturated carbocycles. The maximum Gasteiger partial charge on any atom is 0.240 e. The number of hydrogen-bond donors (Lipinski definition) is 1. The minimum absolute atomic E-state index is 0.0744. The first kappa shape index (κ1) is 14.0. The highest BCUT2D eigenvalue weighted by Gasteiger charge is 2.34. The Kier molecular flexibility index (Phi) is 3.82. The van der Waals surface area contributed by atoms with E-state index in [1.54, 1.807) is 18.2 Å². The molecule has 18 heavy (non-hydrogen) atoms. The van der Waals surface area contributed by atoms with Crippen molar-refractivity contribution in [1.82, 2.24) is 4.72 Å². The minimum Gasteiger partial charge on any atom is -0.380 e. The van der Waals surface area contributed by atoms with Crippen molar-refractivity contribution < 1.29 is 13.2 Å². The second-order valence-electron chi connectivity index (χ2n) is 5.04. The molecule has 0 unspecified atom stereocenters. The third kappa shape index (κ3) is 2.93. The van der Waals surface area contributed by atoms with Gasteiger partial charge in [-0.1, -0.05) is 28.9 Å². The topological polar surface area (TPSA) is 55.4 Å². The van der Waals surface area contributed by atoms with Crippen molar-refractivity contribution in [3.63, 3.8) is 0 Å². The molecule has 0 aliphatic carbocycles. The van der Waals surface area contributed by atoms with Crippen molar-refractivity contribution in [2.75, 3.05) is 19.8 Å². The van der Waals surface area contributed by atoms with Gasteiger partial charge in [-0.15, -0.1) is 0 Å². The van der Waals surface area contributed by atoms with Crippen LogP contribution in [0.2, 0.25) is 0 Å². The van der Waals surface area contributed by atoms with Crippen LogP contribution in [0.25, 0.3) is 0 Å². The van der Waals surface area contributed by atoms with Crippen molar-refractivity contribution in [3.05, 3.63) is 28.2 Å². The van der Waals surface area contributed by atoms with E-state index in [0.717, 1.165) is 10.0 Å². The lowest BCUT2D eigenvalue weighted by molar-refractivity contribution is -0.0965. The lowest BCUT2D eigenvalue weighted by atomic mass is 9.89. The fraction of sp³-hybridized carbons (Fsp3) is 0.500. The highest BCUT2D eigenvalue weighted by atomic mass is 79.9. The Balaban J connectivity index is 2.12. The summed E-state index contributed by atoms with van der Waals surface area (Å²) >= 11 is 3.34. The summed E-state index contributed by atoms with van der Waals surface area (Å²) in [5, 5.41) is 0. The number of ether oxygens (including phenoxy) is 1. The van der Waals surface area contributed by atoms with Gasteiger partial charge >= 0.3 is 0 Å². The molecule has 1 heterocycles. The summed E-state index contributed by atoms with van der Waals surface area (Å²) in [7, 11) is -3.44. The second kappa shape index (κ2) is 4.92. The molecule has 0 amide bonds. The molecule has 6 heteroatoms. The summed E-state index contributed by atoms with van der Waals surface area (Å²) < 4.78 is 32.8. The SMILES string of the molecule is Cc1ccc(S(=O)(=O)NCC2(C)COC2)cc1Br. The third-order valence-corrected chi connectivity index (χ3v) is 5.30. The van der Waals surface area contributed by atoms with Crippen LogP contribution in [-0.4, -0.2) is 28.2 Å². The summed E-state index contributed by atoms with van der Waals surface area (Å²) in [6.45, 7) is 5.53. The summed E-state index contributed by atoms with van der Waals surface area (Å²) in [5.41, 5.74) is 0.933. The molecule has 0 atom stereocenters. The molecular weight excluding hydrogens is 318 g/mol. The molecule has 1 fully saturated rings. The summed E-state index contributed by atoms with van der Waals surface area (Å²) in [6.07, 6.45) is 0. The van der Waals surface area contributed by atoms with E-state index in [4.69, 9.17) is 4.74 Å². The number of benzene rings is 1. The van der Waals surface area contributed by atoms with Gasteiger partial charge in [0.25, 0.3) is 0 Å². The van der Waals surface area contributed by atoms with E-state index >= 15 is 0 Å². The van der Waals surface area contributed by atoms with Crippen molar-refractivity contribution in [2.45, 2.75) is 18.7 Å². The minimum atomic E-state index is -3.44. The number of sulfonamides is 1. The van der Waals surface area contributed by atoms with Gasteiger partial charge < -0.3 is 4.74 Å². The lowest BCUT2D eigenvalue weighted by Crippen LogP contribution is -2.48. The third-order valence-electron chi connectivity index (χ3n) is 3.04. The van der Waals surface area contributed by atoms with Gasteiger partial charge in [0, 0.05) is 16.4 Å². The molecule has 1 aliphatic rings. The highest BCUT2D eigenvalue weighted by Crippen LogP contribution is 2.26. The molecule has 100 valence electrons. The van der Waals surface area contributed by atoms with Gasteiger partial charge in [0.05, 0.1) is 18.1 Å². The van der Waals surface area contributed by atoms with Gasteiger partial charge in [0.15, 0.2) is 0 Å². The Bertz CT molecular complexity index is 552. The predicted molar refractivity (Wildman–Crippen MR) is 73.0 cm³/mol. The molecule has 1 aliphatic heterocycles. The molecule has 0 radical (unpaired) electrons. The molecule has 1 N–H and O–H groups in total. The number of rotatable bonds is 4. The van der Waals surface area contributed by atoms with E-state index in [1.165, 1.54) is 0 Å². The molecule has 0 aromatic heterocycles. The largest absolute Gasteiger partial charge is 0.380 e. The first-order valence-corrected chi connectivity index (χ1v) is 7.94. The van der Waals surface area contributed by atoms with Crippen LogP contribution in [0.4, 0.5) is 0 Å². The fourth-order valence-corrected chi connectivity index (χ4v) is 3.40. The van der Waals surface area contributed by atoms with E-state index in [1.807, 2.05) is 13.8 Å². The van der Waals surface area contributed by atoms with Crippen LogP contribution in [0.5, 0.6) is 0 Å². The zero-order valence-electron chi connectivity index (χ0n) is 10.4. The monoisotopic (exact) mass is 333 g/mol. The zero-order valence-corrected chi connectivity index (χ0v) is 12.8. The first-order valence-electron chi connectivity index (χ1n) is 5.66. The molecule has 1 aromatic rings. The zero-order chi connectivity index (χ0) is 13.4. The van der Waals surface area contributed by atoms with Crippen molar-refractivity contribution >= 4 is 26.0 Å². The Hall–Kier alpha value is -0.430. The van der Waals surface area contributed by atoms with Crippen LogP contribution in [0.1, 0.15) is 12.5 Å². The molecule has 1 saturated heterocycles. The average molecular weight is 334 g/mol. The normalized spacial score (nSPS) is 18.4. The fourth-order valence-electron chi connectivity index (χ4n) is 1.65. The second-order valence-corrected chi connectivity index (χ2v) is 7.66. The van der Waals surface area contributed by atoms with Gasteiger partial charge in [-0.2, -0.15) is 0 Å². The van der Waals surface area contributed by atoms with Gasteiger partial charge in [-0.05, 0) is 24.6 Å². The maximum atomic E-state index is 12.1. The van der Waals surface area contributed by atoms with E-state index in [9.17, 15) is 8.42 Å². The van der Waals surface area contributed by atoms with E-state index < -0.39 is 10.0 Å². The summed E-state index contributed by atoms with van der Waals surface area (Å²) in [6, 6.07) is 5.02. The van der Waals surface area contributed by atoms with E-state index in [0.29, 0.717) is 19.8 Å². The summed E-state index contributed by atoms with van der Waals surface area (Å²) in [4.78, 5) is 0.281. The molecule has 0 bridgehead atoms. The Labute approximate surface area is 116 Å². The Morgan fingerprint density at radius 2 is 2.11 bits per heavy atom. The van der Waals surface area contributed by atoms with Gasteiger partial charge in [0.1, 0.15) is 0 Å². The molecule has 1 aromatic carbocycles. The molecular formula is C12H16BrNO3S. The van der Waals surface area contributed by atoms with Crippen LogP contribution in [0, 0.1) is 12.3 Å². The van der Waals surface area contributed by atoms with Crippen molar-refractivity contribution in [1.29, 1.82) is 0 Å². The predicted octanol–water partition coefficient (Wildman–Crippen LogP) is 2.07. The van der Waals surface area contributed by atoms with Crippen LogP contribution in [0.3, 0.4) is 0 Å². The van der Waals surface area contributed by atoms with Crippen LogP contribution in [-0.2, 0) is 14.8 Å². The standard InChI is InChI=1S/C12H16BrNO3S/c1-9-3-4-10(5-11(9)13)18(15,16)14-6-12(2)7-17-8-12/h3-5,14H,6-8H2,1-2H3. The highest BCUT2D eigenvalue weighted by molar-refractivity contribution is 9.10. The van der Waals surface area contributed by atoms with E-state index in [2.05, 4.69) is 20.7 Å².